The van der Waals surface area contributed by atoms with Crippen molar-refractivity contribution in [1.29, 1.82) is 0 Å². The average Bonchev–Trinajstić information content (AvgIpc) is 2.79. The van der Waals surface area contributed by atoms with E-state index in [4.69, 9.17) is 21.1 Å². The van der Waals surface area contributed by atoms with Crippen LogP contribution in [0.4, 0.5) is 5.69 Å². The molecule has 0 saturated carbocycles. The molecule has 0 spiro atoms. The Morgan fingerprint density at radius 3 is 2.13 bits per heavy atom. The zero-order valence-electron chi connectivity index (χ0n) is 16.9. The second kappa shape index (κ2) is 10.3. The molecule has 0 radical (unpaired) electrons. The van der Waals surface area contributed by atoms with E-state index in [1.54, 1.807) is 66.7 Å². The second-order valence-corrected chi connectivity index (χ2v) is 8.80. The minimum atomic E-state index is -4.08. The molecule has 1 amide bonds. The number of nitrogens with zero attached hydrogens (tertiary/aromatic N) is 1. The third-order valence-corrected chi connectivity index (χ3v) is 6.45. The van der Waals surface area contributed by atoms with Crippen molar-refractivity contribution in [2.75, 3.05) is 18.0 Å². The molecule has 6 nitrogen and oxygen atoms in total. The Kier molecular flexibility index (Phi) is 7.55. The summed E-state index contributed by atoms with van der Waals surface area (Å²) in [5.74, 6) is 0.638. The standard InChI is InChI=1S/C23H22ClNO5S/c1-29-20-15-11-19(12-16-20)25(31(27,28)22-6-3-2-4-7-22)23(26)8-5-17-30-21-13-9-18(24)10-14-21/h2-4,6-7,9-16H,5,8,17H2,1H3. The lowest BCUT2D eigenvalue weighted by atomic mass is 10.2. The van der Waals surface area contributed by atoms with Gasteiger partial charge in [-0.2, -0.15) is 0 Å². The van der Waals surface area contributed by atoms with Gasteiger partial charge in [-0.15, -0.1) is 0 Å². The molecular weight excluding hydrogens is 438 g/mol. The maximum Gasteiger partial charge on any atom is 0.270 e. The van der Waals surface area contributed by atoms with Crippen molar-refractivity contribution in [2.24, 2.45) is 0 Å². The summed E-state index contributed by atoms with van der Waals surface area (Å²) in [6, 6.07) is 21.1. The number of carbonyl (C=O) groups excluding carboxylic acids is 1. The van der Waals surface area contributed by atoms with Crippen LogP contribution in [0, 0.1) is 0 Å². The molecule has 0 aliphatic rings. The summed E-state index contributed by atoms with van der Waals surface area (Å²) < 4.78 is 38.1. The van der Waals surface area contributed by atoms with E-state index in [0.29, 0.717) is 22.9 Å². The molecule has 0 bridgehead atoms. The van der Waals surface area contributed by atoms with E-state index in [1.807, 2.05) is 0 Å². The van der Waals surface area contributed by atoms with Crippen LogP contribution in [0.3, 0.4) is 0 Å². The molecule has 0 atom stereocenters. The second-order valence-electron chi connectivity index (χ2n) is 6.58. The Morgan fingerprint density at radius 2 is 1.52 bits per heavy atom. The molecule has 0 heterocycles. The molecule has 0 N–H and O–H groups in total. The number of hydrogen-bond acceptors (Lipinski definition) is 5. The van der Waals surface area contributed by atoms with Gasteiger partial charge in [0.15, 0.2) is 0 Å². The molecule has 8 heteroatoms. The summed E-state index contributed by atoms with van der Waals surface area (Å²) in [7, 11) is -2.57. The monoisotopic (exact) mass is 459 g/mol. The van der Waals surface area contributed by atoms with Gasteiger partial charge in [0.05, 0.1) is 24.3 Å². The smallest absolute Gasteiger partial charge is 0.270 e. The lowest BCUT2D eigenvalue weighted by Crippen LogP contribution is -2.37. The van der Waals surface area contributed by atoms with Gasteiger partial charge in [0, 0.05) is 11.4 Å². The number of rotatable bonds is 9. The van der Waals surface area contributed by atoms with Gasteiger partial charge in [-0.25, -0.2) is 12.7 Å². The first-order valence-electron chi connectivity index (χ1n) is 9.57. The molecule has 3 aromatic carbocycles. The highest BCUT2D eigenvalue weighted by Crippen LogP contribution is 2.27. The SMILES string of the molecule is COc1ccc(N(C(=O)CCCOc2ccc(Cl)cc2)S(=O)(=O)c2ccccc2)cc1. The fraction of sp³-hybridized carbons (Fsp3) is 0.174. The predicted octanol–water partition coefficient (Wildman–Crippen LogP) is 4.93. The van der Waals surface area contributed by atoms with Crippen LogP contribution >= 0.6 is 11.6 Å². The summed E-state index contributed by atoms with van der Waals surface area (Å²) in [4.78, 5) is 13.1. The van der Waals surface area contributed by atoms with E-state index in [-0.39, 0.29) is 23.6 Å². The van der Waals surface area contributed by atoms with Crippen LogP contribution in [0.15, 0.2) is 83.8 Å². The number of ether oxygens (including phenoxy) is 2. The summed E-state index contributed by atoms with van der Waals surface area (Å²) in [5, 5.41) is 0.601. The van der Waals surface area contributed by atoms with Crippen LogP contribution in [-0.4, -0.2) is 28.0 Å². The zero-order chi connectivity index (χ0) is 22.3. The van der Waals surface area contributed by atoms with Gasteiger partial charge < -0.3 is 9.47 Å². The van der Waals surface area contributed by atoms with Crippen LogP contribution in [0.2, 0.25) is 5.02 Å². The van der Waals surface area contributed by atoms with Crippen molar-refractivity contribution in [3.05, 3.63) is 83.9 Å². The molecule has 0 unspecified atom stereocenters. The first-order valence-corrected chi connectivity index (χ1v) is 11.4. The minimum absolute atomic E-state index is 0.00825. The van der Waals surface area contributed by atoms with Gasteiger partial charge in [0.2, 0.25) is 5.91 Å². The molecule has 0 saturated heterocycles. The van der Waals surface area contributed by atoms with Gasteiger partial charge in [0.25, 0.3) is 10.0 Å². The molecule has 0 fully saturated rings. The summed E-state index contributed by atoms with van der Waals surface area (Å²) >= 11 is 5.85. The molecule has 0 aliphatic carbocycles. The highest BCUT2D eigenvalue weighted by Gasteiger charge is 2.30. The number of hydrogen-bond donors (Lipinski definition) is 0. The molecule has 162 valence electrons. The van der Waals surface area contributed by atoms with E-state index < -0.39 is 15.9 Å². The van der Waals surface area contributed by atoms with E-state index >= 15 is 0 Å². The van der Waals surface area contributed by atoms with Gasteiger partial charge in [0.1, 0.15) is 11.5 Å². The Bertz CT molecular complexity index is 1100. The van der Waals surface area contributed by atoms with Crippen molar-refractivity contribution in [2.45, 2.75) is 17.7 Å². The van der Waals surface area contributed by atoms with Crippen molar-refractivity contribution in [3.8, 4) is 11.5 Å². The van der Waals surface area contributed by atoms with Crippen molar-refractivity contribution in [3.63, 3.8) is 0 Å². The number of halogens is 1. The number of benzene rings is 3. The number of methoxy groups -OCH3 is 1. The van der Waals surface area contributed by atoms with Gasteiger partial charge in [-0.3, -0.25) is 4.79 Å². The van der Waals surface area contributed by atoms with Crippen LogP contribution in [0.1, 0.15) is 12.8 Å². The lowest BCUT2D eigenvalue weighted by Gasteiger charge is -2.23. The fourth-order valence-electron chi connectivity index (χ4n) is 2.88. The Labute approximate surface area is 187 Å². The zero-order valence-corrected chi connectivity index (χ0v) is 18.5. The summed E-state index contributed by atoms with van der Waals surface area (Å²) in [5.41, 5.74) is 0.244. The Hall–Kier alpha value is -3.03. The Balaban J connectivity index is 1.76. The third-order valence-electron chi connectivity index (χ3n) is 4.43. The third kappa shape index (κ3) is 5.77. The van der Waals surface area contributed by atoms with Crippen molar-refractivity contribution in [1.82, 2.24) is 0 Å². The molecular formula is C23H22ClNO5S. The van der Waals surface area contributed by atoms with Gasteiger partial charge in [-0.05, 0) is 67.1 Å². The topological polar surface area (TPSA) is 72.9 Å². The van der Waals surface area contributed by atoms with Crippen LogP contribution in [0.25, 0.3) is 0 Å². The van der Waals surface area contributed by atoms with Crippen LogP contribution in [-0.2, 0) is 14.8 Å². The summed E-state index contributed by atoms with van der Waals surface area (Å²) in [6.07, 6.45) is 0.337. The Morgan fingerprint density at radius 1 is 0.903 bits per heavy atom. The number of amides is 1. The van der Waals surface area contributed by atoms with Crippen molar-refractivity contribution >= 4 is 33.2 Å². The van der Waals surface area contributed by atoms with E-state index in [2.05, 4.69) is 0 Å². The van der Waals surface area contributed by atoms with Gasteiger partial charge >= 0.3 is 0 Å². The molecule has 3 aromatic rings. The van der Waals surface area contributed by atoms with E-state index in [0.717, 1.165) is 4.31 Å². The summed E-state index contributed by atoms with van der Waals surface area (Å²) in [6.45, 7) is 0.259. The first kappa shape index (κ1) is 22.7. The predicted molar refractivity (Wildman–Crippen MR) is 120 cm³/mol. The lowest BCUT2D eigenvalue weighted by molar-refractivity contribution is -0.117. The largest absolute Gasteiger partial charge is 0.497 e. The fourth-order valence-corrected chi connectivity index (χ4v) is 4.47. The normalized spacial score (nSPS) is 11.0. The number of carbonyl (C=O) groups is 1. The molecule has 0 aliphatic heterocycles. The van der Waals surface area contributed by atoms with Crippen molar-refractivity contribution < 1.29 is 22.7 Å². The molecule has 0 aromatic heterocycles. The molecule has 31 heavy (non-hydrogen) atoms. The van der Waals surface area contributed by atoms with E-state index in [9.17, 15) is 13.2 Å². The van der Waals surface area contributed by atoms with Crippen LogP contribution < -0.4 is 13.8 Å². The number of anilines is 1. The maximum absolute atomic E-state index is 13.2. The minimum Gasteiger partial charge on any atom is -0.497 e. The first-order chi connectivity index (χ1) is 14.9. The van der Waals surface area contributed by atoms with E-state index in [1.165, 1.54) is 19.2 Å². The average molecular weight is 460 g/mol. The van der Waals surface area contributed by atoms with Gasteiger partial charge in [-0.1, -0.05) is 29.8 Å². The molecule has 3 rings (SSSR count). The highest BCUT2D eigenvalue weighted by atomic mass is 35.5. The quantitative estimate of drug-likeness (QED) is 0.424. The highest BCUT2D eigenvalue weighted by molar-refractivity contribution is 7.93. The maximum atomic E-state index is 13.2. The number of sulfonamides is 1. The van der Waals surface area contributed by atoms with Crippen LogP contribution in [0.5, 0.6) is 11.5 Å².